The fraction of sp³-hybridized carbons (Fsp3) is 0. The number of anilines is 2. The third kappa shape index (κ3) is 2.84. The van der Waals surface area contributed by atoms with Crippen molar-refractivity contribution in [1.82, 2.24) is 0 Å². The van der Waals surface area contributed by atoms with Crippen molar-refractivity contribution in [1.29, 1.82) is 0 Å². The van der Waals surface area contributed by atoms with E-state index in [1.165, 1.54) is 12.1 Å². The number of halogens is 4. The molecule has 0 heterocycles. The SMILES string of the molecule is Nc1cc(F)cc(C(=O)Nc2cccc(Cl)c2Cl)c1F. The van der Waals surface area contributed by atoms with Gasteiger partial charge in [0.05, 0.1) is 27.0 Å². The molecule has 0 saturated carbocycles. The number of nitrogen functional groups attached to an aromatic ring is 1. The van der Waals surface area contributed by atoms with Crippen molar-refractivity contribution in [3.05, 3.63) is 57.6 Å². The quantitative estimate of drug-likeness (QED) is 0.819. The normalized spacial score (nSPS) is 10.4. The van der Waals surface area contributed by atoms with Crippen molar-refractivity contribution < 1.29 is 13.6 Å². The molecule has 2 aromatic rings. The van der Waals surface area contributed by atoms with Crippen LogP contribution in [-0.2, 0) is 0 Å². The van der Waals surface area contributed by atoms with Gasteiger partial charge in [0, 0.05) is 0 Å². The molecule has 3 nitrogen and oxygen atoms in total. The number of carbonyl (C=O) groups excluding carboxylic acids is 1. The average molecular weight is 317 g/mol. The summed E-state index contributed by atoms with van der Waals surface area (Å²) >= 11 is 11.7. The Bertz CT molecular complexity index is 692. The van der Waals surface area contributed by atoms with E-state index in [1.807, 2.05) is 0 Å². The molecular weight excluding hydrogens is 309 g/mol. The molecule has 0 aliphatic heterocycles. The molecule has 0 atom stereocenters. The minimum atomic E-state index is -0.998. The van der Waals surface area contributed by atoms with Crippen LogP contribution >= 0.6 is 23.2 Å². The number of nitrogens with one attached hydrogen (secondary N) is 1. The molecule has 0 aliphatic carbocycles. The lowest BCUT2D eigenvalue weighted by Gasteiger charge is -2.09. The monoisotopic (exact) mass is 316 g/mol. The molecule has 0 radical (unpaired) electrons. The van der Waals surface area contributed by atoms with E-state index in [4.69, 9.17) is 28.9 Å². The smallest absolute Gasteiger partial charge is 0.258 e. The summed E-state index contributed by atoms with van der Waals surface area (Å²) in [5.74, 6) is -2.69. The highest BCUT2D eigenvalue weighted by Gasteiger charge is 2.17. The Hall–Kier alpha value is -1.85. The van der Waals surface area contributed by atoms with E-state index in [9.17, 15) is 13.6 Å². The van der Waals surface area contributed by atoms with Crippen LogP contribution in [-0.4, -0.2) is 5.91 Å². The first-order valence-electron chi connectivity index (χ1n) is 5.40. The lowest BCUT2D eigenvalue weighted by atomic mass is 10.1. The Labute approximate surface area is 123 Å². The summed E-state index contributed by atoms with van der Waals surface area (Å²) in [6.45, 7) is 0. The molecule has 1 amide bonds. The first-order valence-corrected chi connectivity index (χ1v) is 6.15. The number of hydrogen-bond donors (Lipinski definition) is 2. The van der Waals surface area contributed by atoms with E-state index in [0.29, 0.717) is 0 Å². The van der Waals surface area contributed by atoms with Crippen LogP contribution in [0.15, 0.2) is 30.3 Å². The number of rotatable bonds is 2. The first kappa shape index (κ1) is 14.6. The van der Waals surface area contributed by atoms with Crippen molar-refractivity contribution in [3.8, 4) is 0 Å². The molecule has 7 heteroatoms. The van der Waals surface area contributed by atoms with Crippen molar-refractivity contribution in [3.63, 3.8) is 0 Å². The Morgan fingerprint density at radius 3 is 2.60 bits per heavy atom. The molecule has 0 aliphatic rings. The predicted molar refractivity (Wildman–Crippen MR) is 75.2 cm³/mol. The molecule has 2 aromatic carbocycles. The van der Waals surface area contributed by atoms with Crippen LogP contribution in [0.1, 0.15) is 10.4 Å². The zero-order valence-corrected chi connectivity index (χ0v) is 11.4. The minimum Gasteiger partial charge on any atom is -0.396 e. The van der Waals surface area contributed by atoms with Gasteiger partial charge in [0.2, 0.25) is 0 Å². The van der Waals surface area contributed by atoms with E-state index in [1.54, 1.807) is 6.07 Å². The lowest BCUT2D eigenvalue weighted by molar-refractivity contribution is 0.102. The minimum absolute atomic E-state index is 0.104. The Morgan fingerprint density at radius 2 is 1.90 bits per heavy atom. The van der Waals surface area contributed by atoms with Crippen LogP contribution in [0.5, 0.6) is 0 Å². The van der Waals surface area contributed by atoms with Crippen LogP contribution in [0.25, 0.3) is 0 Å². The second-order valence-corrected chi connectivity index (χ2v) is 4.70. The zero-order valence-electron chi connectivity index (χ0n) is 9.88. The van der Waals surface area contributed by atoms with Gasteiger partial charge in [-0.15, -0.1) is 0 Å². The lowest BCUT2D eigenvalue weighted by Crippen LogP contribution is -2.15. The summed E-state index contributed by atoms with van der Waals surface area (Å²) in [4.78, 5) is 11.9. The predicted octanol–water partition coefficient (Wildman–Crippen LogP) is 4.11. The van der Waals surface area contributed by atoms with Crippen LogP contribution in [0.3, 0.4) is 0 Å². The number of carbonyl (C=O) groups is 1. The molecule has 0 saturated heterocycles. The van der Waals surface area contributed by atoms with Crippen molar-refractivity contribution in [2.45, 2.75) is 0 Å². The first-order chi connectivity index (χ1) is 9.40. The molecule has 0 unspecified atom stereocenters. The summed E-state index contributed by atoms with van der Waals surface area (Å²) in [6.07, 6.45) is 0. The summed E-state index contributed by atoms with van der Waals surface area (Å²) in [5.41, 5.74) is 4.48. The fourth-order valence-corrected chi connectivity index (χ4v) is 1.91. The Balaban J connectivity index is 2.36. The third-order valence-electron chi connectivity index (χ3n) is 2.51. The molecule has 3 N–H and O–H groups in total. The van der Waals surface area contributed by atoms with E-state index < -0.39 is 28.8 Å². The number of amides is 1. The second-order valence-electron chi connectivity index (χ2n) is 3.91. The van der Waals surface area contributed by atoms with Crippen LogP contribution < -0.4 is 11.1 Å². The summed E-state index contributed by atoms with van der Waals surface area (Å²) in [5, 5.41) is 2.67. The van der Waals surface area contributed by atoms with Crippen LogP contribution in [0, 0.1) is 11.6 Å². The summed E-state index contributed by atoms with van der Waals surface area (Å²) in [6, 6.07) is 6.10. The van der Waals surface area contributed by atoms with Gasteiger partial charge in [0.1, 0.15) is 5.82 Å². The van der Waals surface area contributed by atoms with Crippen molar-refractivity contribution in [2.24, 2.45) is 0 Å². The second kappa shape index (κ2) is 5.64. The number of nitrogens with two attached hydrogens (primary N) is 1. The zero-order chi connectivity index (χ0) is 14.9. The van der Waals surface area contributed by atoms with Gasteiger partial charge in [-0.25, -0.2) is 8.78 Å². The third-order valence-corrected chi connectivity index (χ3v) is 3.33. The van der Waals surface area contributed by atoms with Crippen LogP contribution in [0.4, 0.5) is 20.2 Å². The van der Waals surface area contributed by atoms with Gasteiger partial charge in [-0.1, -0.05) is 29.3 Å². The van der Waals surface area contributed by atoms with Crippen LogP contribution in [0.2, 0.25) is 10.0 Å². The highest BCUT2D eigenvalue weighted by Crippen LogP contribution is 2.30. The molecule has 2 rings (SSSR count). The fourth-order valence-electron chi connectivity index (χ4n) is 1.57. The maximum Gasteiger partial charge on any atom is 0.258 e. The summed E-state index contributed by atoms with van der Waals surface area (Å²) < 4.78 is 26.9. The molecule has 0 fully saturated rings. The molecule has 104 valence electrons. The van der Waals surface area contributed by atoms with Gasteiger partial charge in [-0.2, -0.15) is 0 Å². The highest BCUT2D eigenvalue weighted by atomic mass is 35.5. The van der Waals surface area contributed by atoms with Crippen molar-refractivity contribution >= 4 is 40.5 Å². The molecular formula is C13H8Cl2F2N2O. The van der Waals surface area contributed by atoms with E-state index in [0.717, 1.165) is 12.1 Å². The maximum absolute atomic E-state index is 13.7. The van der Waals surface area contributed by atoms with Crippen molar-refractivity contribution in [2.75, 3.05) is 11.1 Å². The largest absolute Gasteiger partial charge is 0.396 e. The van der Waals surface area contributed by atoms with E-state index >= 15 is 0 Å². The Morgan fingerprint density at radius 1 is 1.20 bits per heavy atom. The molecule has 0 spiro atoms. The topological polar surface area (TPSA) is 55.1 Å². The van der Waals surface area contributed by atoms with E-state index in [2.05, 4.69) is 5.32 Å². The van der Waals surface area contributed by atoms with Gasteiger partial charge in [0.15, 0.2) is 5.82 Å². The maximum atomic E-state index is 13.7. The van der Waals surface area contributed by atoms with E-state index in [-0.39, 0.29) is 15.7 Å². The molecule has 20 heavy (non-hydrogen) atoms. The average Bonchev–Trinajstić information content (AvgIpc) is 2.39. The number of benzene rings is 2. The van der Waals surface area contributed by atoms with Gasteiger partial charge in [-0.3, -0.25) is 4.79 Å². The van der Waals surface area contributed by atoms with Gasteiger partial charge >= 0.3 is 0 Å². The van der Waals surface area contributed by atoms with Gasteiger partial charge in [0.25, 0.3) is 5.91 Å². The summed E-state index contributed by atoms with van der Waals surface area (Å²) in [7, 11) is 0. The Kier molecular flexibility index (Phi) is 4.11. The number of hydrogen-bond acceptors (Lipinski definition) is 2. The standard InChI is InChI=1S/C13H8Cl2F2N2O/c14-8-2-1-3-10(11(8)15)19-13(20)7-4-6(16)5-9(18)12(7)17/h1-5H,18H2,(H,19,20). The van der Waals surface area contributed by atoms with Gasteiger partial charge in [-0.05, 0) is 24.3 Å². The molecule has 0 bridgehead atoms. The molecule has 0 aromatic heterocycles. The van der Waals surface area contributed by atoms with Gasteiger partial charge < -0.3 is 11.1 Å². The highest BCUT2D eigenvalue weighted by molar-refractivity contribution is 6.44.